The molecule has 3 saturated carbocycles. The Morgan fingerprint density at radius 3 is 1.68 bits per heavy atom. The van der Waals surface area contributed by atoms with Crippen molar-refractivity contribution in [3.8, 4) is 0 Å². The van der Waals surface area contributed by atoms with E-state index in [1.807, 2.05) is 0 Å². The Kier molecular flexibility index (Phi) is 4.34. The number of carbonyl (C=O) groups is 2. The van der Waals surface area contributed by atoms with Crippen molar-refractivity contribution in [2.24, 2.45) is 23.7 Å². The van der Waals surface area contributed by atoms with Crippen molar-refractivity contribution in [3.05, 3.63) is 60.2 Å². The minimum atomic E-state index is -0.452. The molecule has 6 unspecified atom stereocenters. The summed E-state index contributed by atoms with van der Waals surface area (Å²) in [4.78, 5) is 33.4. The van der Waals surface area contributed by atoms with Gasteiger partial charge in [-0.1, -0.05) is 18.6 Å². The summed E-state index contributed by atoms with van der Waals surface area (Å²) in [5.74, 6) is 0.740. The molecule has 0 aromatic carbocycles. The predicted molar refractivity (Wildman–Crippen MR) is 99.3 cm³/mol. The lowest BCUT2D eigenvalue weighted by atomic mass is 9.78. The second-order valence-electron chi connectivity index (χ2n) is 7.99. The van der Waals surface area contributed by atoms with Crippen LogP contribution in [0.4, 0.5) is 0 Å². The standard InChI is InChI=1S/C22H22N2O4/c25-21(17-8-1-3-10-23-17)27-19-15-12-16(14-7-5-6-13(14)15)20(19)28-22(26)18-9-2-4-11-24-18/h1-4,8-11,13-16,19-20H,5-7,12H2. The minimum absolute atomic E-state index is 0.256. The molecule has 3 fully saturated rings. The fraction of sp³-hybridized carbons (Fsp3) is 0.455. The van der Waals surface area contributed by atoms with Gasteiger partial charge in [-0.3, -0.25) is 0 Å². The number of aromatic nitrogens is 2. The van der Waals surface area contributed by atoms with Crippen LogP contribution in [0.3, 0.4) is 0 Å². The molecule has 6 atom stereocenters. The average Bonchev–Trinajstić information content (AvgIpc) is 3.43. The van der Waals surface area contributed by atoms with Gasteiger partial charge in [0.05, 0.1) is 0 Å². The van der Waals surface area contributed by atoms with E-state index in [4.69, 9.17) is 9.47 Å². The molecule has 3 aliphatic carbocycles. The summed E-state index contributed by atoms with van der Waals surface area (Å²) in [6, 6.07) is 10.3. The average molecular weight is 378 g/mol. The number of hydrogen-bond acceptors (Lipinski definition) is 6. The van der Waals surface area contributed by atoms with E-state index in [0.29, 0.717) is 11.8 Å². The molecular formula is C22H22N2O4. The van der Waals surface area contributed by atoms with Gasteiger partial charge in [0.1, 0.15) is 23.6 Å². The van der Waals surface area contributed by atoms with Crippen LogP contribution in [-0.2, 0) is 9.47 Å². The predicted octanol–water partition coefficient (Wildman–Crippen LogP) is 3.29. The summed E-state index contributed by atoms with van der Waals surface area (Å²) in [6.07, 6.45) is 6.82. The molecule has 2 aromatic heterocycles. The zero-order chi connectivity index (χ0) is 19.1. The Balaban J connectivity index is 1.38. The molecular weight excluding hydrogens is 356 g/mol. The molecule has 3 aliphatic rings. The lowest BCUT2D eigenvalue weighted by Crippen LogP contribution is -2.45. The van der Waals surface area contributed by atoms with Gasteiger partial charge in [-0.25, -0.2) is 19.6 Å². The maximum Gasteiger partial charge on any atom is 0.357 e. The first-order chi connectivity index (χ1) is 13.7. The molecule has 2 heterocycles. The molecule has 28 heavy (non-hydrogen) atoms. The van der Waals surface area contributed by atoms with Crippen LogP contribution >= 0.6 is 0 Å². The Morgan fingerprint density at radius 2 is 1.25 bits per heavy atom. The van der Waals surface area contributed by atoms with Gasteiger partial charge in [0.25, 0.3) is 0 Å². The molecule has 2 bridgehead atoms. The molecule has 6 heteroatoms. The zero-order valence-electron chi connectivity index (χ0n) is 15.4. The van der Waals surface area contributed by atoms with Gasteiger partial charge in [0, 0.05) is 24.2 Å². The normalized spacial score (nSPS) is 32.7. The first kappa shape index (κ1) is 17.3. The van der Waals surface area contributed by atoms with Gasteiger partial charge >= 0.3 is 11.9 Å². The van der Waals surface area contributed by atoms with Crippen molar-refractivity contribution in [2.75, 3.05) is 0 Å². The summed E-state index contributed by atoms with van der Waals surface area (Å²) in [5.41, 5.74) is 0.561. The highest BCUT2D eigenvalue weighted by molar-refractivity contribution is 5.88. The third-order valence-electron chi connectivity index (χ3n) is 6.67. The Hall–Kier alpha value is -2.76. The maximum absolute atomic E-state index is 12.6. The highest BCUT2D eigenvalue weighted by atomic mass is 16.6. The maximum atomic E-state index is 12.6. The smallest absolute Gasteiger partial charge is 0.357 e. The number of esters is 2. The lowest BCUT2D eigenvalue weighted by molar-refractivity contribution is -0.0771. The second-order valence-corrected chi connectivity index (χ2v) is 7.99. The molecule has 6 nitrogen and oxygen atoms in total. The van der Waals surface area contributed by atoms with Crippen LogP contribution in [0.5, 0.6) is 0 Å². The molecule has 2 aromatic rings. The topological polar surface area (TPSA) is 78.4 Å². The van der Waals surface area contributed by atoms with Crippen molar-refractivity contribution < 1.29 is 19.1 Å². The number of hydrogen-bond donors (Lipinski definition) is 0. The van der Waals surface area contributed by atoms with E-state index in [9.17, 15) is 9.59 Å². The first-order valence-corrected chi connectivity index (χ1v) is 9.96. The van der Waals surface area contributed by atoms with Gasteiger partial charge in [0.2, 0.25) is 0 Å². The van der Waals surface area contributed by atoms with E-state index >= 15 is 0 Å². The van der Waals surface area contributed by atoms with E-state index in [2.05, 4.69) is 9.97 Å². The van der Waals surface area contributed by atoms with Gasteiger partial charge in [0.15, 0.2) is 0 Å². The lowest BCUT2D eigenvalue weighted by Gasteiger charge is -2.37. The molecule has 0 N–H and O–H groups in total. The Bertz CT molecular complexity index is 801. The molecule has 144 valence electrons. The summed E-state index contributed by atoms with van der Waals surface area (Å²) < 4.78 is 11.8. The minimum Gasteiger partial charge on any atom is -0.453 e. The van der Waals surface area contributed by atoms with Crippen LogP contribution < -0.4 is 0 Å². The van der Waals surface area contributed by atoms with Gasteiger partial charge in [-0.2, -0.15) is 0 Å². The van der Waals surface area contributed by atoms with Gasteiger partial charge in [-0.15, -0.1) is 0 Å². The van der Waals surface area contributed by atoms with E-state index in [0.717, 1.165) is 6.42 Å². The fourth-order valence-electron chi connectivity index (χ4n) is 5.63. The number of rotatable bonds is 4. The third-order valence-corrected chi connectivity index (χ3v) is 6.67. The quantitative estimate of drug-likeness (QED) is 0.760. The summed E-state index contributed by atoms with van der Waals surface area (Å²) in [5, 5.41) is 0. The summed E-state index contributed by atoms with van der Waals surface area (Å²) in [6.45, 7) is 0. The van der Waals surface area contributed by atoms with E-state index in [-0.39, 0.29) is 23.2 Å². The van der Waals surface area contributed by atoms with Crippen LogP contribution in [0, 0.1) is 23.7 Å². The highest BCUT2D eigenvalue weighted by Crippen LogP contribution is 2.60. The third kappa shape index (κ3) is 2.87. The van der Waals surface area contributed by atoms with E-state index in [1.165, 1.54) is 19.3 Å². The Morgan fingerprint density at radius 1 is 0.750 bits per heavy atom. The van der Waals surface area contributed by atoms with Crippen molar-refractivity contribution in [1.82, 2.24) is 9.97 Å². The van der Waals surface area contributed by atoms with Crippen molar-refractivity contribution in [1.29, 1.82) is 0 Å². The number of carbonyl (C=O) groups excluding carboxylic acids is 2. The van der Waals surface area contributed by atoms with Crippen molar-refractivity contribution in [3.63, 3.8) is 0 Å². The largest absolute Gasteiger partial charge is 0.453 e. The van der Waals surface area contributed by atoms with Gasteiger partial charge < -0.3 is 9.47 Å². The molecule has 0 saturated heterocycles. The summed E-state index contributed by atoms with van der Waals surface area (Å²) >= 11 is 0. The van der Waals surface area contributed by atoms with Crippen molar-refractivity contribution in [2.45, 2.75) is 37.9 Å². The van der Waals surface area contributed by atoms with E-state index in [1.54, 1.807) is 48.8 Å². The van der Waals surface area contributed by atoms with Crippen LogP contribution in [0.15, 0.2) is 48.8 Å². The van der Waals surface area contributed by atoms with Crippen LogP contribution in [0.25, 0.3) is 0 Å². The molecule has 0 radical (unpaired) electrons. The van der Waals surface area contributed by atoms with Gasteiger partial charge in [-0.05, 0) is 55.4 Å². The molecule has 0 amide bonds. The van der Waals surface area contributed by atoms with E-state index < -0.39 is 24.1 Å². The molecule has 0 aliphatic heterocycles. The SMILES string of the molecule is O=C(OC1C2CC(C3CCCC32)C1OC(=O)c1ccccn1)c1ccccn1. The van der Waals surface area contributed by atoms with Crippen LogP contribution in [0.2, 0.25) is 0 Å². The first-order valence-electron chi connectivity index (χ1n) is 9.96. The second kappa shape index (κ2) is 7.00. The Labute approximate surface area is 163 Å². The number of ether oxygens (including phenoxy) is 2. The highest BCUT2D eigenvalue weighted by Gasteiger charge is 2.62. The number of pyridine rings is 2. The van der Waals surface area contributed by atoms with Crippen LogP contribution in [0.1, 0.15) is 46.7 Å². The van der Waals surface area contributed by atoms with Crippen molar-refractivity contribution >= 4 is 11.9 Å². The number of fused-ring (bicyclic) bond motifs is 5. The van der Waals surface area contributed by atoms with Crippen LogP contribution in [-0.4, -0.2) is 34.1 Å². The molecule has 5 rings (SSSR count). The number of nitrogens with zero attached hydrogens (tertiary/aromatic N) is 2. The monoisotopic (exact) mass is 378 g/mol. The summed E-state index contributed by atoms with van der Waals surface area (Å²) in [7, 11) is 0. The molecule has 0 spiro atoms. The fourth-order valence-corrected chi connectivity index (χ4v) is 5.63. The zero-order valence-corrected chi connectivity index (χ0v) is 15.4.